The third kappa shape index (κ3) is 4.62. The molecule has 0 spiro atoms. The Morgan fingerprint density at radius 2 is 1.63 bits per heavy atom. The van der Waals surface area contributed by atoms with E-state index in [0.717, 1.165) is 32.0 Å². The van der Waals surface area contributed by atoms with E-state index in [1.807, 2.05) is 18.2 Å². The zero-order valence-corrected chi connectivity index (χ0v) is 19.4. The van der Waals surface area contributed by atoms with Crippen molar-refractivity contribution in [1.29, 1.82) is 0 Å². The van der Waals surface area contributed by atoms with E-state index in [1.54, 1.807) is 39.8 Å². The first-order valence-corrected chi connectivity index (χ1v) is 10.6. The van der Waals surface area contributed by atoms with Gasteiger partial charge in [-0.2, -0.15) is 4.98 Å². The molecule has 9 heteroatoms. The molecule has 0 atom stereocenters. The lowest BCUT2D eigenvalue weighted by Gasteiger charge is -2.24. The van der Waals surface area contributed by atoms with Gasteiger partial charge in [0.2, 0.25) is 5.28 Å². The molecule has 0 radical (unpaired) electrons. The molecule has 0 aliphatic rings. The Labute approximate surface area is 185 Å². The molecule has 0 unspecified atom stereocenters. The highest BCUT2D eigenvalue weighted by Gasteiger charge is 2.22. The summed E-state index contributed by atoms with van der Waals surface area (Å²) >= 11 is 7.88. The zero-order chi connectivity index (χ0) is 21.7. The summed E-state index contributed by atoms with van der Waals surface area (Å²) in [5.74, 6) is 2.12. The molecule has 1 aromatic carbocycles. The molecule has 30 heavy (non-hydrogen) atoms. The molecule has 0 fully saturated rings. The predicted molar refractivity (Wildman–Crippen MR) is 122 cm³/mol. The van der Waals surface area contributed by atoms with Gasteiger partial charge >= 0.3 is 0 Å². The van der Waals surface area contributed by atoms with E-state index in [2.05, 4.69) is 21.8 Å². The fraction of sp³-hybridized carbons (Fsp3) is 0.429. The molecule has 162 valence electrons. The van der Waals surface area contributed by atoms with E-state index in [1.165, 1.54) is 0 Å². The van der Waals surface area contributed by atoms with Gasteiger partial charge in [0.05, 0.1) is 32.8 Å². The Bertz CT molecular complexity index is 1000. The van der Waals surface area contributed by atoms with Gasteiger partial charge < -0.3 is 23.8 Å². The maximum Gasteiger partial charge on any atom is 0.225 e. The molecule has 0 aliphatic heterocycles. The molecule has 3 rings (SSSR count). The van der Waals surface area contributed by atoms with Crippen molar-refractivity contribution < 1.29 is 18.9 Å². The van der Waals surface area contributed by atoms with Crippen molar-refractivity contribution in [3.63, 3.8) is 0 Å². The predicted octanol–water partition coefficient (Wildman–Crippen LogP) is 4.44. The Kier molecular flexibility index (Phi) is 7.71. The van der Waals surface area contributed by atoms with Crippen molar-refractivity contribution in [2.75, 3.05) is 59.6 Å². The molecule has 0 amide bonds. The van der Waals surface area contributed by atoms with Crippen LogP contribution in [0, 0.1) is 6.92 Å². The minimum atomic E-state index is 0.220. The number of hydrogen-bond acceptors (Lipinski definition) is 8. The van der Waals surface area contributed by atoms with Crippen molar-refractivity contribution >= 4 is 39.0 Å². The fourth-order valence-electron chi connectivity index (χ4n) is 3.36. The van der Waals surface area contributed by atoms with Gasteiger partial charge in [-0.1, -0.05) is 6.07 Å². The van der Waals surface area contributed by atoms with Gasteiger partial charge in [0.1, 0.15) is 10.6 Å². The first-order chi connectivity index (χ1) is 14.5. The van der Waals surface area contributed by atoms with Gasteiger partial charge in [-0.25, -0.2) is 4.98 Å². The summed E-state index contributed by atoms with van der Waals surface area (Å²) in [6, 6.07) is 5.89. The molecule has 2 aromatic heterocycles. The van der Waals surface area contributed by atoms with Crippen LogP contribution in [0.3, 0.4) is 0 Å². The largest absolute Gasteiger partial charge is 0.493 e. The summed E-state index contributed by atoms with van der Waals surface area (Å²) in [6.07, 6.45) is 0. The van der Waals surface area contributed by atoms with Gasteiger partial charge in [-0.3, -0.25) is 0 Å². The summed E-state index contributed by atoms with van der Waals surface area (Å²) in [4.78, 5) is 13.2. The van der Waals surface area contributed by atoms with E-state index in [9.17, 15) is 0 Å². The number of aryl methyl sites for hydroxylation is 1. The minimum Gasteiger partial charge on any atom is -0.493 e. The Morgan fingerprint density at radius 1 is 0.967 bits per heavy atom. The van der Waals surface area contributed by atoms with Gasteiger partial charge in [-0.05, 0) is 36.2 Å². The molecule has 0 saturated heterocycles. The third-order valence-corrected chi connectivity index (χ3v) is 5.95. The molecule has 3 aromatic rings. The highest BCUT2D eigenvalue weighted by Crippen LogP contribution is 2.44. The van der Waals surface area contributed by atoms with E-state index in [-0.39, 0.29) is 5.28 Å². The summed E-state index contributed by atoms with van der Waals surface area (Å²) < 4.78 is 21.5. The lowest BCUT2D eigenvalue weighted by Crippen LogP contribution is -2.31. The molecule has 0 saturated carbocycles. The molecule has 7 nitrogen and oxygen atoms in total. The molecule has 2 heterocycles. The maximum atomic E-state index is 6.29. The number of hydrogen-bond donors (Lipinski definition) is 0. The summed E-state index contributed by atoms with van der Waals surface area (Å²) in [5, 5.41) is 1.18. The number of benzene rings is 1. The van der Waals surface area contributed by atoms with Crippen LogP contribution in [0.1, 0.15) is 4.88 Å². The van der Waals surface area contributed by atoms with Crippen molar-refractivity contribution in [2.24, 2.45) is 0 Å². The quantitative estimate of drug-likeness (QED) is 0.422. The van der Waals surface area contributed by atoms with Crippen LogP contribution in [0.15, 0.2) is 18.2 Å². The summed E-state index contributed by atoms with van der Waals surface area (Å²) in [6.45, 7) is 4.50. The fourth-order valence-corrected chi connectivity index (χ4v) is 4.62. The molecule has 0 aliphatic carbocycles. The SMILES string of the molecule is COCCN(CCOC)c1nc(Cl)nc2sc(C)c(-c3ccc(OC)c(OC)c3)c12. The highest BCUT2D eigenvalue weighted by atomic mass is 35.5. The second kappa shape index (κ2) is 10.3. The summed E-state index contributed by atoms with van der Waals surface area (Å²) in [7, 11) is 6.62. The lowest BCUT2D eigenvalue weighted by molar-refractivity contribution is 0.190. The number of methoxy groups -OCH3 is 4. The van der Waals surface area contributed by atoms with Crippen LogP contribution in [0.4, 0.5) is 5.82 Å². The Morgan fingerprint density at radius 3 is 2.23 bits per heavy atom. The number of nitrogens with zero attached hydrogens (tertiary/aromatic N) is 3. The van der Waals surface area contributed by atoms with Crippen LogP contribution >= 0.6 is 22.9 Å². The normalized spacial score (nSPS) is 11.1. The van der Waals surface area contributed by atoms with Gasteiger partial charge in [-0.15, -0.1) is 11.3 Å². The average Bonchev–Trinajstić information content (AvgIpc) is 3.08. The van der Waals surface area contributed by atoms with Crippen molar-refractivity contribution in [1.82, 2.24) is 9.97 Å². The number of fused-ring (bicyclic) bond motifs is 1. The van der Waals surface area contributed by atoms with E-state index < -0.39 is 0 Å². The first-order valence-electron chi connectivity index (χ1n) is 9.45. The zero-order valence-electron chi connectivity index (χ0n) is 17.8. The third-order valence-electron chi connectivity index (χ3n) is 4.78. The van der Waals surface area contributed by atoms with Crippen molar-refractivity contribution in [2.45, 2.75) is 6.92 Å². The number of thiophene rings is 1. The summed E-state index contributed by atoms with van der Waals surface area (Å²) in [5.41, 5.74) is 2.06. The van der Waals surface area contributed by atoms with Crippen molar-refractivity contribution in [3.05, 3.63) is 28.4 Å². The molecule has 0 N–H and O–H groups in total. The second-order valence-electron chi connectivity index (χ2n) is 6.57. The monoisotopic (exact) mass is 451 g/mol. The van der Waals surface area contributed by atoms with E-state index in [4.69, 9.17) is 30.5 Å². The average molecular weight is 452 g/mol. The number of aromatic nitrogens is 2. The maximum absolute atomic E-state index is 6.29. The van der Waals surface area contributed by atoms with Crippen LogP contribution < -0.4 is 14.4 Å². The van der Waals surface area contributed by atoms with Gasteiger partial charge in [0, 0.05) is 37.7 Å². The lowest BCUT2D eigenvalue weighted by atomic mass is 10.0. The van der Waals surface area contributed by atoms with Crippen molar-refractivity contribution in [3.8, 4) is 22.6 Å². The Hall–Kier alpha value is -2.13. The van der Waals surface area contributed by atoms with Crippen LogP contribution in [0.25, 0.3) is 21.3 Å². The first kappa shape index (κ1) is 22.6. The molecular weight excluding hydrogens is 426 g/mol. The topological polar surface area (TPSA) is 65.9 Å². The van der Waals surface area contributed by atoms with Crippen LogP contribution in [-0.4, -0.2) is 64.7 Å². The van der Waals surface area contributed by atoms with Crippen LogP contribution in [0.2, 0.25) is 5.28 Å². The standard InChI is InChI=1S/C21H26ClN3O4S/c1-13-17(14-6-7-15(28-4)16(12-14)29-5)18-19(23-21(22)24-20(18)30-13)25(8-10-26-2)9-11-27-3/h6-7,12H,8-11H2,1-5H3. The minimum absolute atomic E-state index is 0.220. The molecule has 0 bridgehead atoms. The van der Waals surface area contributed by atoms with Gasteiger partial charge in [0.15, 0.2) is 11.5 Å². The number of anilines is 1. The van der Waals surface area contributed by atoms with Crippen LogP contribution in [-0.2, 0) is 9.47 Å². The number of halogens is 1. The number of rotatable bonds is 10. The van der Waals surface area contributed by atoms with E-state index in [0.29, 0.717) is 37.8 Å². The van der Waals surface area contributed by atoms with Gasteiger partial charge in [0.25, 0.3) is 0 Å². The van der Waals surface area contributed by atoms with Crippen LogP contribution in [0.5, 0.6) is 11.5 Å². The van der Waals surface area contributed by atoms with E-state index >= 15 is 0 Å². The highest BCUT2D eigenvalue weighted by molar-refractivity contribution is 7.19. The molecular formula is C21H26ClN3O4S. The second-order valence-corrected chi connectivity index (χ2v) is 8.11. The smallest absolute Gasteiger partial charge is 0.225 e. The number of ether oxygens (including phenoxy) is 4. The Balaban J connectivity index is 2.22.